The molecule has 0 amide bonds. The van der Waals surface area contributed by atoms with Gasteiger partial charge < -0.3 is 4.74 Å². The van der Waals surface area contributed by atoms with Gasteiger partial charge in [0, 0.05) is 19.7 Å². The average Bonchev–Trinajstić information content (AvgIpc) is 2.92. The van der Waals surface area contributed by atoms with Gasteiger partial charge in [-0.25, -0.2) is 8.42 Å². The first-order valence-corrected chi connectivity index (χ1v) is 8.21. The molecule has 1 heterocycles. The van der Waals surface area contributed by atoms with E-state index in [1.54, 1.807) is 28.6 Å². The zero-order chi connectivity index (χ0) is 13.7. The van der Waals surface area contributed by atoms with Crippen LogP contribution in [0.25, 0.3) is 0 Å². The Hall–Kier alpha value is -0.910. The fourth-order valence-electron chi connectivity index (χ4n) is 2.32. The lowest BCUT2D eigenvalue weighted by molar-refractivity contribution is 0.180. The van der Waals surface area contributed by atoms with Gasteiger partial charge in [-0.2, -0.15) is 4.31 Å². The van der Waals surface area contributed by atoms with Crippen LogP contribution in [0.5, 0.6) is 0 Å². The van der Waals surface area contributed by atoms with E-state index in [0.717, 1.165) is 19.4 Å². The van der Waals surface area contributed by atoms with Crippen LogP contribution in [-0.2, 0) is 14.8 Å². The fourth-order valence-corrected chi connectivity index (χ4v) is 3.95. The van der Waals surface area contributed by atoms with Gasteiger partial charge in [-0.15, -0.1) is 0 Å². The normalized spacial score (nSPS) is 20.0. The molecule has 19 heavy (non-hydrogen) atoms. The Morgan fingerprint density at radius 1 is 1.32 bits per heavy atom. The summed E-state index contributed by atoms with van der Waals surface area (Å²) in [6.07, 6.45) is 1.77. The van der Waals surface area contributed by atoms with Crippen molar-refractivity contribution in [2.45, 2.75) is 24.7 Å². The van der Waals surface area contributed by atoms with E-state index < -0.39 is 10.0 Å². The summed E-state index contributed by atoms with van der Waals surface area (Å²) in [5, 5.41) is 0. The zero-order valence-corrected chi connectivity index (χ0v) is 12.1. The van der Waals surface area contributed by atoms with E-state index in [-0.39, 0.29) is 0 Å². The summed E-state index contributed by atoms with van der Waals surface area (Å²) >= 11 is 0. The minimum absolute atomic E-state index is 0.324. The summed E-state index contributed by atoms with van der Waals surface area (Å²) in [4.78, 5) is 0.377. The first-order valence-electron chi connectivity index (χ1n) is 6.77. The van der Waals surface area contributed by atoms with Crippen molar-refractivity contribution in [2.75, 3.05) is 26.3 Å². The monoisotopic (exact) mass is 283 g/mol. The van der Waals surface area contributed by atoms with Gasteiger partial charge >= 0.3 is 0 Å². The van der Waals surface area contributed by atoms with Gasteiger partial charge in [0.2, 0.25) is 10.0 Å². The second kappa shape index (κ2) is 6.50. The molecule has 106 valence electrons. The predicted octanol–water partition coefficient (Wildman–Crippen LogP) is 2.12. The minimum Gasteiger partial charge on any atom is -0.381 e. The Morgan fingerprint density at radius 3 is 2.63 bits per heavy atom. The lowest BCUT2D eigenvalue weighted by Crippen LogP contribution is -2.36. The summed E-state index contributed by atoms with van der Waals surface area (Å²) in [5.41, 5.74) is 0. The summed E-state index contributed by atoms with van der Waals surface area (Å²) < 4.78 is 32.1. The van der Waals surface area contributed by atoms with Gasteiger partial charge in [0.05, 0.1) is 11.5 Å². The minimum atomic E-state index is -3.37. The van der Waals surface area contributed by atoms with E-state index in [1.165, 1.54) is 0 Å². The third kappa shape index (κ3) is 3.55. The molecule has 0 aromatic heterocycles. The van der Waals surface area contributed by atoms with Gasteiger partial charge in [0.25, 0.3) is 0 Å². The third-order valence-electron chi connectivity index (χ3n) is 3.34. The SMILES string of the molecule is CCCN(CC1CCOC1)S(=O)(=O)c1ccccc1. The molecule has 0 saturated carbocycles. The van der Waals surface area contributed by atoms with Crippen LogP contribution in [0, 0.1) is 5.92 Å². The molecule has 1 atom stereocenters. The molecule has 0 bridgehead atoms. The maximum Gasteiger partial charge on any atom is 0.243 e. The van der Waals surface area contributed by atoms with Crippen LogP contribution in [0.4, 0.5) is 0 Å². The van der Waals surface area contributed by atoms with Crippen molar-refractivity contribution in [1.29, 1.82) is 0 Å². The molecule has 0 N–H and O–H groups in total. The Labute approximate surface area is 115 Å². The smallest absolute Gasteiger partial charge is 0.243 e. The molecule has 2 rings (SSSR count). The number of benzene rings is 1. The van der Waals surface area contributed by atoms with Crippen LogP contribution in [0.3, 0.4) is 0 Å². The van der Waals surface area contributed by atoms with Crippen LogP contribution in [-0.4, -0.2) is 39.0 Å². The van der Waals surface area contributed by atoms with E-state index in [0.29, 0.717) is 30.5 Å². The molecular weight excluding hydrogens is 262 g/mol. The zero-order valence-electron chi connectivity index (χ0n) is 11.3. The molecule has 0 radical (unpaired) electrons. The molecule has 0 aliphatic carbocycles. The molecule has 1 unspecified atom stereocenters. The van der Waals surface area contributed by atoms with Crippen molar-refractivity contribution in [1.82, 2.24) is 4.31 Å². The van der Waals surface area contributed by atoms with E-state index in [4.69, 9.17) is 4.74 Å². The van der Waals surface area contributed by atoms with Crippen molar-refractivity contribution < 1.29 is 13.2 Å². The highest BCUT2D eigenvalue weighted by molar-refractivity contribution is 7.89. The maximum absolute atomic E-state index is 12.6. The summed E-state index contributed by atoms with van der Waals surface area (Å²) in [7, 11) is -3.37. The van der Waals surface area contributed by atoms with Gasteiger partial charge in [-0.3, -0.25) is 0 Å². The van der Waals surface area contributed by atoms with Crippen LogP contribution in [0.1, 0.15) is 19.8 Å². The highest BCUT2D eigenvalue weighted by atomic mass is 32.2. The Kier molecular flexibility index (Phi) is 4.96. The topological polar surface area (TPSA) is 46.6 Å². The maximum atomic E-state index is 12.6. The van der Waals surface area contributed by atoms with Crippen LogP contribution in [0.2, 0.25) is 0 Å². The predicted molar refractivity (Wildman–Crippen MR) is 74.4 cm³/mol. The molecule has 4 nitrogen and oxygen atoms in total. The van der Waals surface area contributed by atoms with Gasteiger partial charge in [-0.05, 0) is 30.9 Å². The van der Waals surface area contributed by atoms with Crippen LogP contribution < -0.4 is 0 Å². The first kappa shape index (κ1) is 14.5. The van der Waals surface area contributed by atoms with E-state index >= 15 is 0 Å². The quantitative estimate of drug-likeness (QED) is 0.803. The highest BCUT2D eigenvalue weighted by Crippen LogP contribution is 2.20. The van der Waals surface area contributed by atoms with Crippen molar-refractivity contribution in [3.05, 3.63) is 30.3 Å². The molecular formula is C14H21NO3S. The summed E-state index contributed by atoms with van der Waals surface area (Å²) in [5.74, 6) is 0.324. The number of sulfonamides is 1. The van der Waals surface area contributed by atoms with Crippen LogP contribution >= 0.6 is 0 Å². The molecule has 1 aromatic carbocycles. The Morgan fingerprint density at radius 2 is 2.05 bits per heavy atom. The number of ether oxygens (including phenoxy) is 1. The van der Waals surface area contributed by atoms with E-state index in [9.17, 15) is 8.42 Å². The lowest BCUT2D eigenvalue weighted by atomic mass is 10.1. The number of rotatable bonds is 6. The van der Waals surface area contributed by atoms with Crippen LogP contribution in [0.15, 0.2) is 35.2 Å². The molecule has 1 saturated heterocycles. The lowest BCUT2D eigenvalue weighted by Gasteiger charge is -2.24. The molecule has 0 spiro atoms. The number of nitrogens with zero attached hydrogens (tertiary/aromatic N) is 1. The summed E-state index contributed by atoms with van der Waals surface area (Å²) in [6.45, 7) is 4.54. The molecule has 1 aromatic rings. The van der Waals surface area contributed by atoms with Gasteiger partial charge in [0.1, 0.15) is 0 Å². The highest BCUT2D eigenvalue weighted by Gasteiger charge is 2.27. The first-order chi connectivity index (χ1) is 9.14. The average molecular weight is 283 g/mol. The molecule has 5 heteroatoms. The van der Waals surface area contributed by atoms with Crippen molar-refractivity contribution in [3.63, 3.8) is 0 Å². The standard InChI is InChI=1S/C14H21NO3S/c1-2-9-15(11-13-8-10-18-12-13)19(16,17)14-6-4-3-5-7-14/h3-7,13H,2,8-12H2,1H3. The molecule has 1 aliphatic heterocycles. The Balaban J connectivity index is 2.17. The fraction of sp³-hybridized carbons (Fsp3) is 0.571. The van der Waals surface area contributed by atoms with Crippen molar-refractivity contribution in [2.24, 2.45) is 5.92 Å². The van der Waals surface area contributed by atoms with Gasteiger partial charge in [0.15, 0.2) is 0 Å². The van der Waals surface area contributed by atoms with E-state index in [2.05, 4.69) is 0 Å². The number of hydrogen-bond acceptors (Lipinski definition) is 3. The van der Waals surface area contributed by atoms with Crippen molar-refractivity contribution in [3.8, 4) is 0 Å². The second-order valence-corrected chi connectivity index (χ2v) is 6.84. The largest absolute Gasteiger partial charge is 0.381 e. The van der Waals surface area contributed by atoms with Crippen molar-refractivity contribution >= 4 is 10.0 Å². The molecule has 1 aliphatic rings. The summed E-state index contributed by atoms with van der Waals surface area (Å²) in [6, 6.07) is 8.66. The molecule has 1 fully saturated rings. The third-order valence-corrected chi connectivity index (χ3v) is 5.22. The van der Waals surface area contributed by atoms with Gasteiger partial charge in [-0.1, -0.05) is 25.1 Å². The Bertz CT molecular complexity index is 481. The number of hydrogen-bond donors (Lipinski definition) is 0. The van der Waals surface area contributed by atoms with E-state index in [1.807, 2.05) is 13.0 Å². The second-order valence-electron chi connectivity index (χ2n) is 4.91.